The van der Waals surface area contributed by atoms with Gasteiger partial charge in [0.2, 0.25) is 11.8 Å². The summed E-state index contributed by atoms with van der Waals surface area (Å²) < 4.78 is 12.2. The minimum atomic E-state index is -1.26. The monoisotopic (exact) mass is 446 g/mol. The van der Waals surface area contributed by atoms with Crippen molar-refractivity contribution < 1.29 is 29.0 Å². The highest BCUT2D eigenvalue weighted by Gasteiger charge is 2.72. The number of cyclic esters (lactones) is 1. The van der Waals surface area contributed by atoms with Crippen LogP contribution in [0.5, 0.6) is 0 Å². The summed E-state index contributed by atoms with van der Waals surface area (Å²) in [6, 6.07) is -1.51. The highest BCUT2D eigenvalue weighted by molar-refractivity contribution is 5.99. The van der Waals surface area contributed by atoms with E-state index in [9.17, 15) is 19.5 Å². The van der Waals surface area contributed by atoms with Gasteiger partial charge < -0.3 is 24.4 Å². The van der Waals surface area contributed by atoms with Crippen LogP contribution in [0.15, 0.2) is 24.3 Å². The Kier molecular flexibility index (Phi) is 6.45. The normalized spacial score (nSPS) is 38.8. The van der Waals surface area contributed by atoms with Crippen molar-refractivity contribution in [2.24, 2.45) is 11.8 Å². The maximum absolute atomic E-state index is 13.8. The van der Waals surface area contributed by atoms with E-state index in [1.807, 2.05) is 31.2 Å². The summed E-state index contributed by atoms with van der Waals surface area (Å²) in [6.07, 6.45) is 9.84. The van der Waals surface area contributed by atoms with Crippen molar-refractivity contribution in [3.63, 3.8) is 0 Å². The van der Waals surface area contributed by atoms with Crippen LogP contribution in [0.1, 0.15) is 46.5 Å². The number of esters is 1. The van der Waals surface area contributed by atoms with Gasteiger partial charge >= 0.3 is 5.97 Å². The second kappa shape index (κ2) is 8.98. The average molecular weight is 447 g/mol. The molecule has 0 aromatic rings. The van der Waals surface area contributed by atoms with Crippen LogP contribution in [0.2, 0.25) is 0 Å². The second-order valence-corrected chi connectivity index (χ2v) is 9.41. The molecule has 4 aliphatic heterocycles. The zero-order valence-corrected chi connectivity index (χ0v) is 19.1. The lowest BCUT2D eigenvalue weighted by Gasteiger charge is -2.37. The predicted octanol–water partition coefficient (Wildman–Crippen LogP) is 1.43. The van der Waals surface area contributed by atoms with Gasteiger partial charge in [-0.3, -0.25) is 14.4 Å². The van der Waals surface area contributed by atoms with E-state index in [0.29, 0.717) is 19.5 Å². The van der Waals surface area contributed by atoms with Gasteiger partial charge in [0.15, 0.2) is 0 Å². The first-order valence-corrected chi connectivity index (χ1v) is 11.8. The number of hydrogen-bond acceptors (Lipinski definition) is 6. The molecule has 8 nitrogen and oxygen atoms in total. The molecule has 0 bridgehead atoms. The van der Waals surface area contributed by atoms with Gasteiger partial charge in [-0.15, -0.1) is 0 Å². The van der Waals surface area contributed by atoms with Gasteiger partial charge in [-0.05, 0) is 33.1 Å². The molecule has 1 N–H and O–H groups in total. The lowest BCUT2D eigenvalue weighted by molar-refractivity contribution is -0.159. The van der Waals surface area contributed by atoms with E-state index < -0.39 is 41.6 Å². The Balaban J connectivity index is 1.81. The average Bonchev–Trinajstić information content (AvgIpc) is 3.18. The molecular formula is C24H34N2O6. The van der Waals surface area contributed by atoms with Crippen LogP contribution in [0.4, 0.5) is 0 Å². The summed E-state index contributed by atoms with van der Waals surface area (Å²) in [5.74, 6) is -2.71. The lowest BCUT2D eigenvalue weighted by Crippen LogP contribution is -2.57. The van der Waals surface area contributed by atoms with Crippen LogP contribution in [-0.4, -0.2) is 82.3 Å². The van der Waals surface area contributed by atoms with Crippen molar-refractivity contribution in [3.8, 4) is 0 Å². The van der Waals surface area contributed by atoms with E-state index in [2.05, 4.69) is 6.92 Å². The van der Waals surface area contributed by atoms with Gasteiger partial charge in [0.1, 0.15) is 17.6 Å². The first-order valence-electron chi connectivity index (χ1n) is 11.8. The number of rotatable bonds is 5. The summed E-state index contributed by atoms with van der Waals surface area (Å²) >= 11 is 0. The number of nitrogens with zero attached hydrogens (tertiary/aromatic N) is 2. The Bertz CT molecular complexity index is 825. The number of carbonyl (C=O) groups excluding carboxylic acids is 3. The van der Waals surface area contributed by atoms with E-state index in [0.717, 1.165) is 19.3 Å². The maximum atomic E-state index is 13.8. The largest absolute Gasteiger partial charge is 0.462 e. The third kappa shape index (κ3) is 3.57. The topological polar surface area (TPSA) is 96.4 Å². The molecule has 32 heavy (non-hydrogen) atoms. The number of carbonyl (C=O) groups is 3. The second-order valence-electron chi connectivity index (χ2n) is 9.41. The first kappa shape index (κ1) is 23.0. The number of fused-ring (bicyclic) bond motifs is 2. The Morgan fingerprint density at radius 1 is 1.25 bits per heavy atom. The molecule has 2 fully saturated rings. The highest BCUT2D eigenvalue weighted by atomic mass is 16.6. The van der Waals surface area contributed by atoms with E-state index in [4.69, 9.17) is 9.47 Å². The molecule has 4 heterocycles. The maximum Gasteiger partial charge on any atom is 0.313 e. The number of allylic oxidation sites excluding steroid dienone is 1. The van der Waals surface area contributed by atoms with Crippen LogP contribution >= 0.6 is 0 Å². The summed E-state index contributed by atoms with van der Waals surface area (Å²) in [6.45, 7) is 6.34. The lowest BCUT2D eigenvalue weighted by atomic mass is 9.78. The SMILES string of the molecule is CCCCN1CC=CC23O[C@@H]4/C=C\CCC(C)OC(=O)C4[C@H]2C(=O)N(C(C)CO)[C@@H]3C1=O. The molecule has 0 aromatic carbocycles. The molecule has 176 valence electrons. The number of unbranched alkanes of at least 4 members (excludes halogenated alkanes) is 1. The minimum absolute atomic E-state index is 0.197. The molecule has 0 saturated carbocycles. The van der Waals surface area contributed by atoms with Crippen LogP contribution < -0.4 is 0 Å². The quantitative estimate of drug-likeness (QED) is 0.507. The van der Waals surface area contributed by atoms with E-state index in [-0.39, 0.29) is 24.5 Å². The molecule has 4 unspecified atom stereocenters. The number of aliphatic hydroxyl groups excluding tert-OH is 1. The highest BCUT2D eigenvalue weighted by Crippen LogP contribution is 2.53. The zero-order valence-electron chi connectivity index (χ0n) is 19.1. The molecule has 7 atom stereocenters. The summed E-state index contributed by atoms with van der Waals surface area (Å²) in [4.78, 5) is 44.0. The Hall–Kier alpha value is -2.19. The molecule has 0 aliphatic carbocycles. The van der Waals surface area contributed by atoms with Crippen molar-refractivity contribution in [3.05, 3.63) is 24.3 Å². The van der Waals surface area contributed by atoms with Crippen LogP contribution in [0.25, 0.3) is 0 Å². The summed E-state index contributed by atoms with van der Waals surface area (Å²) in [7, 11) is 0. The Morgan fingerprint density at radius 2 is 2.03 bits per heavy atom. The van der Waals surface area contributed by atoms with Crippen molar-refractivity contribution in [2.75, 3.05) is 19.7 Å². The Morgan fingerprint density at radius 3 is 2.75 bits per heavy atom. The number of hydrogen-bond donors (Lipinski definition) is 1. The van der Waals surface area contributed by atoms with Crippen LogP contribution in [0, 0.1) is 11.8 Å². The third-order valence-electron chi connectivity index (χ3n) is 7.19. The van der Waals surface area contributed by atoms with Crippen LogP contribution in [-0.2, 0) is 23.9 Å². The summed E-state index contributed by atoms with van der Waals surface area (Å²) in [5, 5.41) is 9.89. The number of likely N-dealkylation sites (tertiary alicyclic amines) is 1. The van der Waals surface area contributed by atoms with Gasteiger partial charge in [-0.2, -0.15) is 0 Å². The van der Waals surface area contributed by atoms with E-state index in [1.54, 1.807) is 11.8 Å². The van der Waals surface area contributed by atoms with Gasteiger partial charge in [0.05, 0.1) is 30.8 Å². The molecule has 0 radical (unpaired) electrons. The predicted molar refractivity (Wildman–Crippen MR) is 116 cm³/mol. The van der Waals surface area contributed by atoms with Crippen molar-refractivity contribution >= 4 is 17.8 Å². The Labute approximate surface area is 189 Å². The van der Waals surface area contributed by atoms with Gasteiger partial charge in [-0.1, -0.05) is 37.6 Å². The molecule has 4 aliphatic rings. The smallest absolute Gasteiger partial charge is 0.313 e. The van der Waals surface area contributed by atoms with Crippen molar-refractivity contribution in [2.45, 2.75) is 76.3 Å². The number of aliphatic hydroxyl groups is 1. The minimum Gasteiger partial charge on any atom is -0.462 e. The number of amides is 2. The van der Waals surface area contributed by atoms with Gasteiger partial charge in [0, 0.05) is 13.1 Å². The van der Waals surface area contributed by atoms with Crippen LogP contribution in [0.3, 0.4) is 0 Å². The molecule has 8 heteroatoms. The number of ether oxygens (including phenoxy) is 2. The van der Waals surface area contributed by atoms with Crippen molar-refractivity contribution in [1.82, 2.24) is 9.80 Å². The molecule has 4 rings (SSSR count). The summed E-state index contributed by atoms with van der Waals surface area (Å²) in [5.41, 5.74) is -1.26. The molecule has 1 spiro atoms. The standard InChI is InChI=1S/C24H34N2O6/c1-4-5-12-25-13-8-11-24-19(21(28)26(15(2)14-27)20(24)22(25)29)18-17(32-24)10-7-6-9-16(3)31-23(18)30/h7-8,10-11,15-20,27H,4-6,9,12-14H2,1-3H3/b10-7-/t15?,16?,17-,18?,19+,20-,24?/m1/s1. The van der Waals surface area contributed by atoms with E-state index >= 15 is 0 Å². The van der Waals surface area contributed by atoms with Gasteiger partial charge in [-0.25, -0.2) is 0 Å². The van der Waals surface area contributed by atoms with Gasteiger partial charge in [0.25, 0.3) is 0 Å². The molecular weight excluding hydrogens is 412 g/mol. The molecule has 2 amide bonds. The molecule has 0 aromatic heterocycles. The molecule has 2 saturated heterocycles. The van der Waals surface area contributed by atoms with E-state index in [1.165, 1.54) is 4.90 Å². The fourth-order valence-corrected chi connectivity index (χ4v) is 5.55. The first-order chi connectivity index (χ1) is 15.4. The zero-order chi connectivity index (χ0) is 23.0. The van der Waals surface area contributed by atoms with Crippen molar-refractivity contribution in [1.29, 1.82) is 0 Å². The fourth-order valence-electron chi connectivity index (χ4n) is 5.55. The fraction of sp³-hybridized carbons (Fsp3) is 0.708. The third-order valence-corrected chi connectivity index (χ3v) is 7.19.